The van der Waals surface area contributed by atoms with Crippen LogP contribution in [0.1, 0.15) is 0 Å². The second-order valence-corrected chi connectivity index (χ2v) is 2.98. The van der Waals surface area contributed by atoms with Gasteiger partial charge in [0.05, 0.1) is 17.3 Å². The van der Waals surface area contributed by atoms with Crippen molar-refractivity contribution >= 4 is 27.7 Å². The average molecular weight is 249 g/mol. The number of hydrogen-bond donors (Lipinski definition) is 0. The molecule has 1 rings (SSSR count). The van der Waals surface area contributed by atoms with Crippen LogP contribution in [0.25, 0.3) is 0 Å². The Balaban J connectivity index is 2.95. The Hall–Kier alpha value is -1.44. The number of carbonyl (C=O) groups is 1. The molecule has 0 saturated carbocycles. The molecule has 70 valence electrons. The summed E-state index contributed by atoms with van der Waals surface area (Å²) < 4.78 is 1.05. The van der Waals surface area contributed by atoms with Crippen LogP contribution >= 0.6 is 15.9 Å². The molecule has 13 heavy (non-hydrogen) atoms. The van der Waals surface area contributed by atoms with Crippen molar-refractivity contribution in [3.8, 4) is 0 Å². The van der Waals surface area contributed by atoms with Gasteiger partial charge in [0.25, 0.3) is 0 Å². The maximum atomic E-state index is 10.3. The summed E-state index contributed by atoms with van der Waals surface area (Å²) in [6.45, 7) is -0.508. The molecule has 0 aliphatic carbocycles. The summed E-state index contributed by atoms with van der Waals surface area (Å²) in [5.74, 6) is -1.77. The lowest BCUT2D eigenvalue weighted by atomic mass is 10.6. The number of aromatic nitrogens is 2. The zero-order valence-corrected chi connectivity index (χ0v) is 7.72. The summed E-state index contributed by atoms with van der Waals surface area (Å²) in [5, 5.41) is 23.8. The Morgan fingerprint density at radius 3 is 2.77 bits per heavy atom. The van der Waals surface area contributed by atoms with E-state index in [-0.39, 0.29) is 4.47 Å². The Labute approximate surface area is 80.2 Å². The van der Waals surface area contributed by atoms with Crippen molar-refractivity contribution in [2.45, 2.75) is 6.54 Å². The maximum absolute atomic E-state index is 10.3. The van der Waals surface area contributed by atoms with E-state index in [0.29, 0.717) is 0 Å². The van der Waals surface area contributed by atoms with Crippen LogP contribution in [0.2, 0.25) is 0 Å². The highest BCUT2D eigenvalue weighted by Gasteiger charge is 2.18. The van der Waals surface area contributed by atoms with Gasteiger partial charge in [0.1, 0.15) is 11.0 Å². The predicted molar refractivity (Wildman–Crippen MR) is 41.6 cm³/mol. The van der Waals surface area contributed by atoms with Crippen molar-refractivity contribution < 1.29 is 14.8 Å². The van der Waals surface area contributed by atoms with Crippen molar-refractivity contribution in [3.05, 3.63) is 20.8 Å². The Bertz CT molecular complexity index is 361. The first kappa shape index (κ1) is 9.65. The van der Waals surface area contributed by atoms with Crippen LogP contribution in [-0.2, 0) is 11.3 Å². The zero-order chi connectivity index (χ0) is 10.0. The number of hydrogen-bond acceptors (Lipinski definition) is 5. The molecule has 0 radical (unpaired) electrons. The quantitative estimate of drug-likeness (QED) is 0.520. The highest BCUT2D eigenvalue weighted by atomic mass is 79.9. The van der Waals surface area contributed by atoms with Crippen LogP contribution in [0.4, 0.5) is 5.82 Å². The van der Waals surface area contributed by atoms with Crippen molar-refractivity contribution in [2.75, 3.05) is 0 Å². The second-order valence-electron chi connectivity index (χ2n) is 2.13. The second kappa shape index (κ2) is 3.52. The molecule has 1 aromatic heterocycles. The van der Waals surface area contributed by atoms with Crippen molar-refractivity contribution in [1.29, 1.82) is 0 Å². The molecular formula is C5H3BrN3O4-. The molecule has 0 fully saturated rings. The van der Waals surface area contributed by atoms with E-state index in [1.165, 1.54) is 6.20 Å². The molecule has 1 aromatic rings. The number of aliphatic carboxylic acids is 1. The molecule has 0 aromatic carbocycles. The third-order valence-electron chi connectivity index (χ3n) is 1.16. The Kier molecular flexibility index (Phi) is 2.61. The van der Waals surface area contributed by atoms with Gasteiger partial charge in [0.2, 0.25) is 0 Å². The van der Waals surface area contributed by atoms with Crippen LogP contribution in [0, 0.1) is 10.1 Å². The Morgan fingerprint density at radius 2 is 2.38 bits per heavy atom. The Morgan fingerprint density at radius 1 is 1.77 bits per heavy atom. The molecule has 0 atom stereocenters. The van der Waals surface area contributed by atoms with E-state index >= 15 is 0 Å². The summed E-state index contributed by atoms with van der Waals surface area (Å²) in [7, 11) is 0. The van der Waals surface area contributed by atoms with Gasteiger partial charge in [-0.05, 0) is 20.9 Å². The lowest BCUT2D eigenvalue weighted by Crippen LogP contribution is -2.27. The summed E-state index contributed by atoms with van der Waals surface area (Å²) >= 11 is 2.87. The number of carboxylic acids is 1. The van der Waals surface area contributed by atoms with E-state index < -0.39 is 23.3 Å². The van der Waals surface area contributed by atoms with Crippen molar-refractivity contribution in [1.82, 2.24) is 9.78 Å². The van der Waals surface area contributed by atoms with E-state index in [1.807, 2.05) is 0 Å². The van der Waals surface area contributed by atoms with Crippen LogP contribution in [0.3, 0.4) is 0 Å². The molecule has 7 nitrogen and oxygen atoms in total. The van der Waals surface area contributed by atoms with Gasteiger partial charge in [-0.15, -0.1) is 0 Å². The first-order chi connectivity index (χ1) is 6.00. The number of rotatable bonds is 3. The van der Waals surface area contributed by atoms with Gasteiger partial charge in [-0.3, -0.25) is 0 Å². The van der Waals surface area contributed by atoms with E-state index in [0.717, 1.165) is 4.68 Å². The van der Waals surface area contributed by atoms with Gasteiger partial charge in [0, 0.05) is 0 Å². The summed E-state index contributed by atoms with van der Waals surface area (Å²) in [6.07, 6.45) is 1.20. The number of nitro groups is 1. The van der Waals surface area contributed by atoms with E-state index in [9.17, 15) is 20.0 Å². The van der Waals surface area contributed by atoms with E-state index in [1.54, 1.807) is 0 Å². The third kappa shape index (κ3) is 2.25. The minimum absolute atomic E-state index is 0.138. The molecule has 8 heteroatoms. The lowest BCUT2D eigenvalue weighted by molar-refractivity contribution is -0.390. The van der Waals surface area contributed by atoms with Crippen LogP contribution in [-0.4, -0.2) is 20.7 Å². The molecular weight excluding hydrogens is 246 g/mol. The SMILES string of the molecule is O=C([O-])Cn1cc(Br)c([N+](=O)[O-])n1. The molecule has 0 aliphatic heterocycles. The van der Waals surface area contributed by atoms with Crippen molar-refractivity contribution in [2.24, 2.45) is 0 Å². The maximum Gasteiger partial charge on any atom is 0.404 e. The van der Waals surface area contributed by atoms with E-state index in [2.05, 4.69) is 21.0 Å². The van der Waals surface area contributed by atoms with Crippen molar-refractivity contribution in [3.63, 3.8) is 0 Å². The monoisotopic (exact) mass is 248 g/mol. The fraction of sp³-hybridized carbons (Fsp3) is 0.200. The summed E-state index contributed by atoms with van der Waals surface area (Å²) in [4.78, 5) is 19.6. The number of carbonyl (C=O) groups excluding carboxylic acids is 1. The molecule has 0 N–H and O–H groups in total. The lowest BCUT2D eigenvalue weighted by Gasteiger charge is -1.95. The predicted octanol–water partition coefficient (Wildman–Crippen LogP) is -0.696. The summed E-state index contributed by atoms with van der Waals surface area (Å²) in [5.41, 5.74) is 0. The largest absolute Gasteiger partial charge is 0.548 e. The molecule has 0 bridgehead atoms. The van der Waals surface area contributed by atoms with Gasteiger partial charge in [-0.1, -0.05) is 0 Å². The standard InChI is InChI=1S/C5H4BrN3O4/c6-3-1-8(2-4(10)11)7-5(3)9(12)13/h1H,2H2,(H,10,11)/p-1. The minimum Gasteiger partial charge on any atom is -0.548 e. The summed E-state index contributed by atoms with van der Waals surface area (Å²) in [6, 6.07) is 0. The fourth-order valence-electron chi connectivity index (χ4n) is 0.724. The topological polar surface area (TPSA) is 101 Å². The molecule has 0 aliphatic rings. The number of carboxylic acid groups (broad SMARTS) is 1. The minimum atomic E-state index is -1.36. The molecule has 0 spiro atoms. The first-order valence-electron chi connectivity index (χ1n) is 3.08. The smallest absolute Gasteiger partial charge is 0.404 e. The van der Waals surface area contributed by atoms with Gasteiger partial charge in [0.15, 0.2) is 0 Å². The number of nitrogens with zero attached hydrogens (tertiary/aromatic N) is 3. The van der Waals surface area contributed by atoms with Crippen LogP contribution < -0.4 is 5.11 Å². The van der Waals surface area contributed by atoms with Gasteiger partial charge < -0.3 is 20.0 Å². The van der Waals surface area contributed by atoms with E-state index in [4.69, 9.17) is 0 Å². The van der Waals surface area contributed by atoms with Gasteiger partial charge in [-0.2, -0.15) is 4.68 Å². The third-order valence-corrected chi connectivity index (χ3v) is 1.72. The molecule has 0 amide bonds. The average Bonchev–Trinajstić information content (AvgIpc) is 2.29. The molecule has 0 saturated heterocycles. The first-order valence-corrected chi connectivity index (χ1v) is 3.87. The zero-order valence-electron chi connectivity index (χ0n) is 6.14. The van der Waals surface area contributed by atoms with Crippen LogP contribution in [0.15, 0.2) is 10.7 Å². The molecule has 0 unspecified atom stereocenters. The van der Waals surface area contributed by atoms with Crippen LogP contribution in [0.5, 0.6) is 0 Å². The molecule has 1 heterocycles. The highest BCUT2D eigenvalue weighted by molar-refractivity contribution is 9.10. The fourth-order valence-corrected chi connectivity index (χ4v) is 1.18. The van der Waals surface area contributed by atoms with Gasteiger partial charge >= 0.3 is 5.82 Å². The van der Waals surface area contributed by atoms with Gasteiger partial charge in [-0.25, -0.2) is 0 Å². The number of halogens is 1. The normalized spacial score (nSPS) is 9.92. The highest BCUT2D eigenvalue weighted by Crippen LogP contribution is 2.21.